The van der Waals surface area contributed by atoms with E-state index in [0.29, 0.717) is 35.9 Å². The first-order valence-electron chi connectivity index (χ1n) is 8.52. The number of aryl methyl sites for hydroxylation is 1. The van der Waals surface area contributed by atoms with Crippen LogP contribution < -0.4 is 15.1 Å². The molecule has 0 N–H and O–H groups in total. The second-order valence-electron chi connectivity index (χ2n) is 5.84. The van der Waals surface area contributed by atoms with Gasteiger partial charge in [0, 0.05) is 17.5 Å². The van der Waals surface area contributed by atoms with Gasteiger partial charge in [-0.25, -0.2) is 4.79 Å². The number of ether oxygens (including phenoxy) is 2. The number of fused-ring (bicyclic) bond motifs is 1. The molecule has 2 aromatic carbocycles. The van der Waals surface area contributed by atoms with Crippen molar-refractivity contribution in [2.45, 2.75) is 19.8 Å². The SMILES string of the molecule is CCCc1cc(=O)oc2cc(OCCOc3cccc(C#N)c3)ccc12. The smallest absolute Gasteiger partial charge is 0.336 e. The fraction of sp³-hybridized carbons (Fsp3) is 0.238. The van der Waals surface area contributed by atoms with Crippen molar-refractivity contribution in [3.8, 4) is 17.6 Å². The van der Waals surface area contributed by atoms with Crippen LogP contribution in [0.25, 0.3) is 11.0 Å². The summed E-state index contributed by atoms with van der Waals surface area (Å²) in [5.41, 5.74) is 1.72. The number of nitrogens with zero attached hydrogens (tertiary/aromatic N) is 1. The molecule has 1 aromatic heterocycles. The number of nitriles is 1. The minimum Gasteiger partial charge on any atom is -0.490 e. The van der Waals surface area contributed by atoms with Gasteiger partial charge in [0.05, 0.1) is 11.6 Å². The molecule has 0 spiro atoms. The Morgan fingerprint density at radius 3 is 2.54 bits per heavy atom. The molecule has 0 aliphatic carbocycles. The lowest BCUT2D eigenvalue weighted by atomic mass is 10.1. The molecule has 0 unspecified atom stereocenters. The molecule has 0 fully saturated rings. The minimum absolute atomic E-state index is 0.334. The van der Waals surface area contributed by atoms with E-state index in [0.717, 1.165) is 23.8 Å². The Morgan fingerprint density at radius 2 is 1.81 bits per heavy atom. The molecule has 1 heterocycles. The Morgan fingerprint density at radius 1 is 1.04 bits per heavy atom. The van der Waals surface area contributed by atoms with E-state index in [-0.39, 0.29) is 5.63 Å². The molecule has 0 atom stereocenters. The predicted octanol–water partition coefficient (Wildman–Crippen LogP) is 4.07. The van der Waals surface area contributed by atoms with Gasteiger partial charge in [-0.05, 0) is 42.3 Å². The molecule has 5 heteroatoms. The van der Waals surface area contributed by atoms with Gasteiger partial charge in [-0.3, -0.25) is 0 Å². The standard InChI is InChI=1S/C21H19NO4/c1-2-4-16-12-21(23)26-20-13-18(7-8-19(16)20)25-10-9-24-17-6-3-5-15(11-17)14-22/h3,5-8,11-13H,2,4,9-10H2,1H3. The fourth-order valence-electron chi connectivity index (χ4n) is 2.75. The summed E-state index contributed by atoms with van der Waals surface area (Å²) >= 11 is 0. The van der Waals surface area contributed by atoms with Crippen molar-refractivity contribution in [1.29, 1.82) is 5.26 Å². The summed E-state index contributed by atoms with van der Waals surface area (Å²) in [7, 11) is 0. The Labute approximate surface area is 151 Å². The van der Waals surface area contributed by atoms with Crippen molar-refractivity contribution in [3.63, 3.8) is 0 Å². The van der Waals surface area contributed by atoms with Crippen LogP contribution in [-0.2, 0) is 6.42 Å². The number of benzene rings is 2. The summed E-state index contributed by atoms with van der Waals surface area (Å²) in [5, 5.41) is 9.81. The van der Waals surface area contributed by atoms with E-state index in [1.807, 2.05) is 12.1 Å². The second kappa shape index (κ2) is 8.21. The van der Waals surface area contributed by atoms with Crippen LogP contribution in [0.4, 0.5) is 0 Å². The average molecular weight is 349 g/mol. The summed E-state index contributed by atoms with van der Waals surface area (Å²) in [5.74, 6) is 1.24. The average Bonchev–Trinajstić information content (AvgIpc) is 2.65. The summed E-state index contributed by atoms with van der Waals surface area (Å²) in [6, 6.07) is 16.1. The van der Waals surface area contributed by atoms with Crippen molar-refractivity contribution in [2.24, 2.45) is 0 Å². The van der Waals surface area contributed by atoms with Gasteiger partial charge in [0.25, 0.3) is 0 Å². The van der Waals surface area contributed by atoms with Gasteiger partial charge in [-0.1, -0.05) is 19.4 Å². The Balaban J connectivity index is 1.64. The van der Waals surface area contributed by atoms with Gasteiger partial charge >= 0.3 is 5.63 Å². The molecule has 26 heavy (non-hydrogen) atoms. The van der Waals surface area contributed by atoms with Crippen LogP contribution in [0.1, 0.15) is 24.5 Å². The molecule has 132 valence electrons. The van der Waals surface area contributed by atoms with Crippen LogP contribution in [-0.4, -0.2) is 13.2 Å². The molecule has 0 bridgehead atoms. The molecule has 0 amide bonds. The maximum absolute atomic E-state index is 11.7. The summed E-state index contributed by atoms with van der Waals surface area (Å²) in [6.45, 7) is 2.75. The molecule has 0 saturated carbocycles. The lowest BCUT2D eigenvalue weighted by Gasteiger charge is -2.10. The second-order valence-corrected chi connectivity index (χ2v) is 5.84. The van der Waals surface area contributed by atoms with Crippen molar-refractivity contribution in [1.82, 2.24) is 0 Å². The van der Waals surface area contributed by atoms with Crippen molar-refractivity contribution >= 4 is 11.0 Å². The molecule has 3 rings (SSSR count). The zero-order valence-corrected chi connectivity index (χ0v) is 14.5. The quantitative estimate of drug-likeness (QED) is 0.475. The third-order valence-electron chi connectivity index (χ3n) is 3.90. The zero-order chi connectivity index (χ0) is 18.4. The van der Waals surface area contributed by atoms with Crippen molar-refractivity contribution in [2.75, 3.05) is 13.2 Å². The molecule has 0 saturated heterocycles. The zero-order valence-electron chi connectivity index (χ0n) is 14.5. The predicted molar refractivity (Wildman–Crippen MR) is 98.6 cm³/mol. The van der Waals surface area contributed by atoms with E-state index < -0.39 is 0 Å². The van der Waals surface area contributed by atoms with E-state index in [2.05, 4.69) is 13.0 Å². The van der Waals surface area contributed by atoms with Crippen LogP contribution >= 0.6 is 0 Å². The summed E-state index contributed by atoms with van der Waals surface area (Å²) < 4.78 is 16.6. The lowest BCUT2D eigenvalue weighted by Crippen LogP contribution is -2.09. The third kappa shape index (κ3) is 4.22. The Kier molecular flexibility index (Phi) is 5.55. The van der Waals surface area contributed by atoms with Crippen molar-refractivity contribution < 1.29 is 13.9 Å². The largest absolute Gasteiger partial charge is 0.490 e. The molecule has 0 aliphatic heterocycles. The highest BCUT2D eigenvalue weighted by Crippen LogP contribution is 2.23. The summed E-state index contributed by atoms with van der Waals surface area (Å²) in [4.78, 5) is 11.7. The van der Waals surface area contributed by atoms with E-state index in [1.165, 1.54) is 0 Å². The molecule has 0 radical (unpaired) electrons. The van der Waals surface area contributed by atoms with Gasteiger partial charge in [-0.15, -0.1) is 0 Å². The molecule has 0 aliphatic rings. The van der Waals surface area contributed by atoms with E-state index in [4.69, 9.17) is 19.2 Å². The Hall–Kier alpha value is -3.26. The lowest BCUT2D eigenvalue weighted by molar-refractivity contribution is 0.217. The monoisotopic (exact) mass is 349 g/mol. The van der Waals surface area contributed by atoms with Crippen LogP contribution in [0.2, 0.25) is 0 Å². The summed E-state index contributed by atoms with van der Waals surface area (Å²) in [6.07, 6.45) is 1.79. The number of hydrogen-bond acceptors (Lipinski definition) is 5. The first kappa shape index (κ1) is 17.6. The molecular weight excluding hydrogens is 330 g/mol. The van der Waals surface area contributed by atoms with Crippen molar-refractivity contribution in [3.05, 3.63) is 70.1 Å². The molecule has 5 nitrogen and oxygen atoms in total. The van der Waals surface area contributed by atoms with Gasteiger partial charge in [-0.2, -0.15) is 5.26 Å². The van der Waals surface area contributed by atoms with Gasteiger partial charge in [0.15, 0.2) is 0 Å². The first-order chi connectivity index (χ1) is 12.7. The third-order valence-corrected chi connectivity index (χ3v) is 3.90. The highest BCUT2D eigenvalue weighted by molar-refractivity contribution is 5.81. The highest BCUT2D eigenvalue weighted by atomic mass is 16.5. The maximum atomic E-state index is 11.7. The fourth-order valence-corrected chi connectivity index (χ4v) is 2.75. The van der Waals surface area contributed by atoms with E-state index in [1.54, 1.807) is 36.4 Å². The minimum atomic E-state index is -0.348. The van der Waals surface area contributed by atoms with Crippen LogP contribution in [0.15, 0.2) is 57.7 Å². The molecule has 3 aromatic rings. The normalized spacial score (nSPS) is 10.5. The van der Waals surface area contributed by atoms with Gasteiger partial charge in [0.2, 0.25) is 0 Å². The van der Waals surface area contributed by atoms with Crippen LogP contribution in [0, 0.1) is 11.3 Å². The van der Waals surface area contributed by atoms with Gasteiger partial charge in [0.1, 0.15) is 30.3 Å². The van der Waals surface area contributed by atoms with Crippen LogP contribution in [0.5, 0.6) is 11.5 Å². The highest BCUT2D eigenvalue weighted by Gasteiger charge is 2.07. The first-order valence-corrected chi connectivity index (χ1v) is 8.52. The topological polar surface area (TPSA) is 72.5 Å². The Bertz CT molecular complexity index is 1000. The van der Waals surface area contributed by atoms with E-state index >= 15 is 0 Å². The van der Waals surface area contributed by atoms with E-state index in [9.17, 15) is 4.79 Å². The molecular formula is C21H19NO4. The number of rotatable bonds is 7. The maximum Gasteiger partial charge on any atom is 0.336 e. The number of hydrogen-bond donors (Lipinski definition) is 0. The van der Waals surface area contributed by atoms with Crippen LogP contribution in [0.3, 0.4) is 0 Å². The van der Waals surface area contributed by atoms with Gasteiger partial charge < -0.3 is 13.9 Å².